The number of hydrogen-bond donors (Lipinski definition) is 2. The summed E-state index contributed by atoms with van der Waals surface area (Å²) in [4.78, 5) is 14.5. The first-order valence-electron chi connectivity index (χ1n) is 8.42. The highest BCUT2D eigenvalue weighted by Crippen LogP contribution is 2.44. The fraction of sp³-hybridized carbons (Fsp3) is 0.611. The van der Waals surface area contributed by atoms with Crippen molar-refractivity contribution < 1.29 is 18.7 Å². The molecular formula is C18H25ClF2N2O2. The van der Waals surface area contributed by atoms with Crippen LogP contribution in [-0.2, 0) is 11.3 Å². The maximum absolute atomic E-state index is 13.4. The third-order valence-corrected chi connectivity index (χ3v) is 5.23. The van der Waals surface area contributed by atoms with Gasteiger partial charge in [-0.15, -0.1) is 0 Å². The third-order valence-electron chi connectivity index (χ3n) is 4.86. The van der Waals surface area contributed by atoms with E-state index in [0.717, 1.165) is 5.56 Å². The van der Waals surface area contributed by atoms with Gasteiger partial charge >= 0.3 is 0 Å². The lowest BCUT2D eigenvalue weighted by atomic mass is 9.73. The van der Waals surface area contributed by atoms with E-state index in [1.807, 2.05) is 11.9 Å². The van der Waals surface area contributed by atoms with Crippen molar-refractivity contribution in [1.82, 2.24) is 4.90 Å². The highest BCUT2D eigenvalue weighted by Gasteiger charge is 2.44. The molecule has 1 amide bonds. The number of aliphatic hydroxyl groups is 1. The number of carbonyl (C=O) groups excluding carboxylic acids is 1. The van der Waals surface area contributed by atoms with Crippen LogP contribution < -0.4 is 5.32 Å². The Bertz CT molecular complexity index is 615. The lowest BCUT2D eigenvalue weighted by Gasteiger charge is -2.35. The van der Waals surface area contributed by atoms with Gasteiger partial charge in [-0.2, -0.15) is 0 Å². The summed E-state index contributed by atoms with van der Waals surface area (Å²) in [6.45, 7) is 2.84. The van der Waals surface area contributed by atoms with Gasteiger partial charge in [0.1, 0.15) is 0 Å². The summed E-state index contributed by atoms with van der Waals surface area (Å²) in [5.74, 6) is -2.90. The first kappa shape index (κ1) is 20.1. The van der Waals surface area contributed by atoms with Crippen LogP contribution >= 0.6 is 11.6 Å². The molecule has 0 radical (unpaired) electrons. The van der Waals surface area contributed by atoms with Crippen LogP contribution in [0.25, 0.3) is 0 Å². The molecule has 1 aliphatic rings. The first-order valence-corrected chi connectivity index (χ1v) is 8.80. The maximum Gasteiger partial charge on any atom is 0.248 e. The normalized spacial score (nSPS) is 19.0. The Hall–Kier alpha value is -1.24. The maximum atomic E-state index is 13.4. The van der Waals surface area contributed by atoms with Crippen LogP contribution in [0.3, 0.4) is 0 Å². The Morgan fingerprint density at radius 2 is 1.96 bits per heavy atom. The van der Waals surface area contributed by atoms with E-state index in [9.17, 15) is 13.6 Å². The average molecular weight is 375 g/mol. The molecule has 1 aromatic carbocycles. The molecule has 1 fully saturated rings. The lowest BCUT2D eigenvalue weighted by Crippen LogP contribution is -2.40. The van der Waals surface area contributed by atoms with Gasteiger partial charge in [-0.25, -0.2) is 8.78 Å². The van der Waals surface area contributed by atoms with Crippen molar-refractivity contribution in [2.45, 2.75) is 45.1 Å². The summed E-state index contributed by atoms with van der Waals surface area (Å²) in [5, 5.41) is 12.4. The first-order chi connectivity index (χ1) is 11.6. The van der Waals surface area contributed by atoms with E-state index in [2.05, 4.69) is 5.32 Å². The van der Waals surface area contributed by atoms with Crippen LogP contribution in [0.15, 0.2) is 18.2 Å². The van der Waals surface area contributed by atoms with Crippen molar-refractivity contribution >= 4 is 23.2 Å². The molecule has 1 aromatic rings. The molecule has 0 aliphatic heterocycles. The average Bonchev–Trinajstić information content (AvgIpc) is 2.54. The Morgan fingerprint density at radius 3 is 2.56 bits per heavy atom. The molecule has 0 heterocycles. The summed E-state index contributed by atoms with van der Waals surface area (Å²) < 4.78 is 26.7. The number of nitrogens with one attached hydrogen (secondary N) is 1. The van der Waals surface area contributed by atoms with Gasteiger partial charge in [0.05, 0.1) is 6.61 Å². The van der Waals surface area contributed by atoms with Crippen LogP contribution in [0.4, 0.5) is 14.5 Å². The smallest absolute Gasteiger partial charge is 0.248 e. The number of halogens is 3. The molecule has 0 bridgehead atoms. The lowest BCUT2D eigenvalue weighted by molar-refractivity contribution is -0.132. The highest BCUT2D eigenvalue weighted by molar-refractivity contribution is 6.31. The van der Waals surface area contributed by atoms with Gasteiger partial charge in [-0.05, 0) is 43.7 Å². The van der Waals surface area contributed by atoms with Crippen LogP contribution in [-0.4, -0.2) is 42.0 Å². The van der Waals surface area contributed by atoms with Crippen molar-refractivity contribution in [2.24, 2.45) is 5.41 Å². The second-order valence-electron chi connectivity index (χ2n) is 7.14. The Balaban J connectivity index is 2.06. The standard InChI is InChI=1S/C18H25ClF2N2O2/c1-17(5-7-18(20,21)8-6-17)16(25)22-14-3-4-15(19)13(11-14)12-23(2)9-10-24/h3-4,11,24H,5-10,12H2,1-2H3,(H,22,25). The fourth-order valence-electron chi connectivity index (χ4n) is 2.99. The highest BCUT2D eigenvalue weighted by atomic mass is 35.5. The van der Waals surface area contributed by atoms with E-state index < -0.39 is 11.3 Å². The minimum Gasteiger partial charge on any atom is -0.395 e. The number of amides is 1. The zero-order chi connectivity index (χ0) is 18.7. The number of carbonyl (C=O) groups is 1. The van der Waals surface area contributed by atoms with Crippen LogP contribution in [0, 0.1) is 5.41 Å². The zero-order valence-corrected chi connectivity index (χ0v) is 15.4. The van der Waals surface area contributed by atoms with E-state index in [0.29, 0.717) is 23.8 Å². The Labute approximate surface area is 152 Å². The van der Waals surface area contributed by atoms with Gasteiger partial charge in [-0.1, -0.05) is 18.5 Å². The van der Waals surface area contributed by atoms with Gasteiger partial charge in [0.2, 0.25) is 11.8 Å². The number of anilines is 1. The Morgan fingerprint density at radius 1 is 1.32 bits per heavy atom. The predicted molar refractivity (Wildman–Crippen MR) is 95.0 cm³/mol. The minimum absolute atomic E-state index is 0.0491. The summed E-state index contributed by atoms with van der Waals surface area (Å²) in [5.41, 5.74) is 0.644. The molecule has 25 heavy (non-hydrogen) atoms. The Kier molecular flexibility index (Phi) is 6.40. The fourth-order valence-corrected chi connectivity index (χ4v) is 3.17. The second-order valence-corrected chi connectivity index (χ2v) is 7.55. The summed E-state index contributed by atoms with van der Waals surface area (Å²) in [7, 11) is 1.86. The molecule has 1 saturated carbocycles. The van der Waals surface area contributed by atoms with E-state index in [4.69, 9.17) is 16.7 Å². The molecule has 140 valence electrons. The molecule has 0 unspecified atom stereocenters. The topological polar surface area (TPSA) is 52.6 Å². The molecular weight excluding hydrogens is 350 g/mol. The van der Waals surface area contributed by atoms with Crippen molar-refractivity contribution in [2.75, 3.05) is 25.5 Å². The van der Waals surface area contributed by atoms with E-state index >= 15 is 0 Å². The van der Waals surface area contributed by atoms with E-state index in [-0.39, 0.29) is 38.2 Å². The third kappa shape index (κ3) is 5.36. The van der Waals surface area contributed by atoms with Gasteiger partial charge in [-0.3, -0.25) is 9.69 Å². The number of hydrogen-bond acceptors (Lipinski definition) is 3. The predicted octanol–water partition coefficient (Wildman–Crippen LogP) is 3.92. The molecule has 0 saturated heterocycles. The van der Waals surface area contributed by atoms with E-state index in [1.54, 1.807) is 25.1 Å². The zero-order valence-electron chi connectivity index (χ0n) is 14.6. The molecule has 0 atom stereocenters. The van der Waals surface area contributed by atoms with Crippen molar-refractivity contribution in [3.05, 3.63) is 28.8 Å². The molecule has 4 nitrogen and oxygen atoms in total. The van der Waals surface area contributed by atoms with Crippen LogP contribution in [0.5, 0.6) is 0 Å². The molecule has 2 N–H and O–H groups in total. The summed E-state index contributed by atoms with van der Waals surface area (Å²) in [6, 6.07) is 5.20. The number of rotatable bonds is 6. The molecule has 0 aromatic heterocycles. The molecule has 0 spiro atoms. The molecule has 1 aliphatic carbocycles. The van der Waals surface area contributed by atoms with Crippen molar-refractivity contribution in [1.29, 1.82) is 0 Å². The minimum atomic E-state index is -2.66. The van der Waals surface area contributed by atoms with E-state index in [1.165, 1.54) is 0 Å². The monoisotopic (exact) mass is 374 g/mol. The summed E-state index contributed by atoms with van der Waals surface area (Å²) in [6.07, 6.45) is -0.166. The number of alkyl halides is 2. The van der Waals surface area contributed by atoms with Gasteiger partial charge in [0.15, 0.2) is 0 Å². The van der Waals surface area contributed by atoms with Crippen molar-refractivity contribution in [3.8, 4) is 0 Å². The SMILES string of the molecule is CN(CCO)Cc1cc(NC(=O)C2(C)CCC(F)(F)CC2)ccc1Cl. The van der Waals surface area contributed by atoms with Gasteiger partial charge < -0.3 is 10.4 Å². The summed E-state index contributed by atoms with van der Waals surface area (Å²) >= 11 is 6.20. The van der Waals surface area contributed by atoms with Gasteiger partial charge in [0.25, 0.3) is 0 Å². The largest absolute Gasteiger partial charge is 0.395 e. The van der Waals surface area contributed by atoms with Crippen molar-refractivity contribution in [3.63, 3.8) is 0 Å². The number of nitrogens with zero attached hydrogens (tertiary/aromatic N) is 1. The van der Waals surface area contributed by atoms with Gasteiger partial charge in [0, 0.05) is 42.1 Å². The molecule has 2 rings (SSSR count). The quantitative estimate of drug-likeness (QED) is 0.793. The number of benzene rings is 1. The van der Waals surface area contributed by atoms with Crippen LogP contribution in [0.2, 0.25) is 5.02 Å². The number of likely N-dealkylation sites (N-methyl/N-ethyl adjacent to an activating group) is 1. The number of aliphatic hydroxyl groups excluding tert-OH is 1. The molecule has 7 heteroatoms. The van der Waals surface area contributed by atoms with Crippen LogP contribution in [0.1, 0.15) is 38.2 Å². The second kappa shape index (κ2) is 7.98.